The third-order valence-electron chi connectivity index (χ3n) is 2.20. The predicted octanol–water partition coefficient (Wildman–Crippen LogP) is 2.71. The maximum Gasteiger partial charge on any atom is 0.270 e. The largest absolute Gasteiger partial charge is 0.286 e. The van der Waals surface area contributed by atoms with Gasteiger partial charge in [0.15, 0.2) is 5.15 Å². The average molecular weight is 324 g/mol. The van der Waals surface area contributed by atoms with Gasteiger partial charge in [-0.3, -0.25) is 9.36 Å². The van der Waals surface area contributed by atoms with Crippen LogP contribution in [0.5, 0.6) is 0 Å². The Morgan fingerprint density at radius 1 is 1.33 bits per heavy atom. The molecule has 0 atom stereocenters. The Hall–Kier alpha value is -1.57. The topological polar surface area (TPSA) is 34.9 Å². The number of hydrogen-bond donors (Lipinski definition) is 0. The second-order valence-electron chi connectivity index (χ2n) is 3.45. The van der Waals surface area contributed by atoms with E-state index in [0.29, 0.717) is 0 Å². The van der Waals surface area contributed by atoms with E-state index in [0.717, 1.165) is 5.56 Å². The zero-order valence-electron chi connectivity index (χ0n) is 9.23. The van der Waals surface area contributed by atoms with Gasteiger partial charge in [0, 0.05) is 5.56 Å². The van der Waals surface area contributed by atoms with Crippen molar-refractivity contribution in [3.05, 3.63) is 62.2 Å². The van der Waals surface area contributed by atoms with Gasteiger partial charge < -0.3 is 0 Å². The summed E-state index contributed by atoms with van der Waals surface area (Å²) >= 11 is 8.80. The van der Waals surface area contributed by atoms with Crippen molar-refractivity contribution in [1.82, 2.24) is 9.55 Å². The standard InChI is InChI=1S/C13H8BrClN2O/c14-11-12(15)16-9-17(13(11)18)8-4-7-10-5-2-1-3-6-10/h1-3,5-6,9H,8H2. The second-order valence-corrected chi connectivity index (χ2v) is 4.60. The summed E-state index contributed by atoms with van der Waals surface area (Å²) in [5.41, 5.74) is 0.670. The Bertz CT molecular complexity index is 671. The van der Waals surface area contributed by atoms with E-state index in [2.05, 4.69) is 32.8 Å². The van der Waals surface area contributed by atoms with Crippen molar-refractivity contribution in [2.45, 2.75) is 6.54 Å². The smallest absolute Gasteiger partial charge is 0.270 e. The van der Waals surface area contributed by atoms with Crippen molar-refractivity contribution in [3.8, 4) is 11.8 Å². The number of hydrogen-bond acceptors (Lipinski definition) is 2. The van der Waals surface area contributed by atoms with Gasteiger partial charge in [0.1, 0.15) is 10.8 Å². The Morgan fingerprint density at radius 2 is 2.06 bits per heavy atom. The Morgan fingerprint density at radius 3 is 2.78 bits per heavy atom. The van der Waals surface area contributed by atoms with E-state index in [1.54, 1.807) is 0 Å². The highest BCUT2D eigenvalue weighted by atomic mass is 79.9. The zero-order valence-corrected chi connectivity index (χ0v) is 11.6. The number of nitrogens with zero attached hydrogens (tertiary/aromatic N) is 2. The molecule has 0 aliphatic carbocycles. The second kappa shape index (κ2) is 5.85. The molecule has 3 nitrogen and oxygen atoms in total. The molecule has 0 saturated heterocycles. The summed E-state index contributed by atoms with van der Waals surface area (Å²) in [6, 6.07) is 9.57. The highest BCUT2D eigenvalue weighted by Gasteiger charge is 2.05. The van der Waals surface area contributed by atoms with Gasteiger partial charge in [-0.15, -0.1) is 0 Å². The third-order valence-corrected chi connectivity index (χ3v) is 3.43. The Labute approximate surface area is 118 Å². The molecule has 0 N–H and O–H groups in total. The van der Waals surface area contributed by atoms with Crippen molar-refractivity contribution >= 4 is 27.5 Å². The number of benzene rings is 1. The Balaban J connectivity index is 2.20. The van der Waals surface area contributed by atoms with E-state index >= 15 is 0 Å². The van der Waals surface area contributed by atoms with Crippen LogP contribution >= 0.6 is 27.5 Å². The molecule has 0 spiro atoms. The van der Waals surface area contributed by atoms with Crippen LogP contribution in [0.15, 0.2) is 45.9 Å². The number of aromatic nitrogens is 2. The van der Waals surface area contributed by atoms with Gasteiger partial charge in [0.2, 0.25) is 0 Å². The monoisotopic (exact) mass is 322 g/mol. The molecule has 0 fully saturated rings. The predicted molar refractivity (Wildman–Crippen MR) is 74.5 cm³/mol. The molecular formula is C13H8BrClN2O. The van der Waals surface area contributed by atoms with Gasteiger partial charge in [-0.25, -0.2) is 4.98 Å². The average Bonchev–Trinajstić information content (AvgIpc) is 2.40. The zero-order chi connectivity index (χ0) is 13.0. The summed E-state index contributed by atoms with van der Waals surface area (Å²) in [5.74, 6) is 5.88. The first-order chi connectivity index (χ1) is 8.68. The van der Waals surface area contributed by atoms with E-state index in [-0.39, 0.29) is 21.7 Å². The van der Waals surface area contributed by atoms with E-state index < -0.39 is 0 Å². The molecule has 0 radical (unpaired) electrons. The molecule has 2 aromatic rings. The van der Waals surface area contributed by atoms with Crippen LogP contribution in [0, 0.1) is 11.8 Å². The van der Waals surface area contributed by atoms with Gasteiger partial charge in [0.25, 0.3) is 5.56 Å². The minimum atomic E-state index is -0.239. The van der Waals surface area contributed by atoms with Crippen molar-refractivity contribution in [2.24, 2.45) is 0 Å². The van der Waals surface area contributed by atoms with Crippen molar-refractivity contribution < 1.29 is 0 Å². The normalized spacial score (nSPS) is 9.67. The first kappa shape index (κ1) is 12.9. The van der Waals surface area contributed by atoms with Crippen LogP contribution in [-0.2, 0) is 6.54 Å². The molecule has 0 aliphatic heterocycles. The molecule has 0 unspecified atom stereocenters. The first-order valence-corrected chi connectivity index (χ1v) is 6.30. The van der Waals surface area contributed by atoms with Crippen molar-refractivity contribution in [3.63, 3.8) is 0 Å². The third kappa shape index (κ3) is 3.00. The van der Waals surface area contributed by atoms with E-state index in [4.69, 9.17) is 11.6 Å². The minimum absolute atomic E-state index is 0.160. The summed E-state index contributed by atoms with van der Waals surface area (Å²) in [7, 11) is 0. The summed E-state index contributed by atoms with van der Waals surface area (Å²) in [6.07, 6.45) is 1.38. The molecule has 1 heterocycles. The number of halogens is 2. The fraction of sp³-hybridized carbons (Fsp3) is 0.0769. The first-order valence-electron chi connectivity index (χ1n) is 5.13. The lowest BCUT2D eigenvalue weighted by molar-refractivity contribution is 0.762. The van der Waals surface area contributed by atoms with Gasteiger partial charge in [0.05, 0.1) is 6.54 Å². The molecule has 5 heteroatoms. The molecule has 2 rings (SSSR count). The maximum atomic E-state index is 11.8. The minimum Gasteiger partial charge on any atom is -0.286 e. The lowest BCUT2D eigenvalue weighted by Crippen LogP contribution is -2.20. The molecular weight excluding hydrogens is 316 g/mol. The molecule has 1 aromatic carbocycles. The maximum absolute atomic E-state index is 11.8. The lowest BCUT2D eigenvalue weighted by atomic mass is 10.2. The SMILES string of the molecule is O=c1c(Br)c(Cl)ncn1CC#Cc1ccccc1. The fourth-order valence-electron chi connectivity index (χ4n) is 1.30. The summed E-state index contributed by atoms with van der Waals surface area (Å²) < 4.78 is 1.65. The Kier molecular flexibility index (Phi) is 4.19. The molecule has 90 valence electrons. The summed E-state index contributed by atoms with van der Waals surface area (Å²) in [6.45, 7) is 0.274. The molecule has 0 saturated carbocycles. The quantitative estimate of drug-likeness (QED) is 0.597. The highest BCUT2D eigenvalue weighted by molar-refractivity contribution is 9.10. The molecule has 18 heavy (non-hydrogen) atoms. The van der Waals surface area contributed by atoms with Crippen molar-refractivity contribution in [2.75, 3.05) is 0 Å². The fourth-order valence-corrected chi connectivity index (χ4v) is 1.76. The number of rotatable bonds is 1. The molecule has 0 amide bonds. The van der Waals surface area contributed by atoms with E-state index in [9.17, 15) is 4.79 Å². The van der Waals surface area contributed by atoms with Crippen LogP contribution in [0.3, 0.4) is 0 Å². The summed E-state index contributed by atoms with van der Waals surface area (Å²) in [4.78, 5) is 15.6. The molecule has 1 aromatic heterocycles. The molecule has 0 bridgehead atoms. The van der Waals surface area contributed by atoms with Crippen LogP contribution in [-0.4, -0.2) is 9.55 Å². The van der Waals surface area contributed by atoms with Gasteiger partial charge in [-0.05, 0) is 28.1 Å². The highest BCUT2D eigenvalue weighted by Crippen LogP contribution is 2.13. The van der Waals surface area contributed by atoms with Crippen LogP contribution < -0.4 is 5.56 Å². The van der Waals surface area contributed by atoms with E-state index in [1.807, 2.05) is 30.3 Å². The van der Waals surface area contributed by atoms with Crippen molar-refractivity contribution in [1.29, 1.82) is 0 Å². The van der Waals surface area contributed by atoms with Crippen LogP contribution in [0.25, 0.3) is 0 Å². The lowest BCUT2D eigenvalue weighted by Gasteiger charge is -2.00. The molecule has 0 aliphatic rings. The van der Waals surface area contributed by atoms with Gasteiger partial charge in [-0.1, -0.05) is 41.6 Å². The van der Waals surface area contributed by atoms with Gasteiger partial charge in [-0.2, -0.15) is 0 Å². The van der Waals surface area contributed by atoms with Gasteiger partial charge >= 0.3 is 0 Å². The summed E-state index contributed by atoms with van der Waals surface area (Å²) in [5, 5.41) is 0.160. The van der Waals surface area contributed by atoms with Crippen LogP contribution in [0.1, 0.15) is 5.56 Å². The van der Waals surface area contributed by atoms with E-state index in [1.165, 1.54) is 10.9 Å². The van der Waals surface area contributed by atoms with Crippen LogP contribution in [0.2, 0.25) is 5.15 Å². The van der Waals surface area contributed by atoms with Crippen LogP contribution in [0.4, 0.5) is 0 Å².